The quantitative estimate of drug-likeness (QED) is 0.862. The molecule has 2 aromatic carbocycles. The SMILES string of the molecule is CC1CCO1.COc1ccc(C(CC(N)=O)N2Cc3ccccc3C2=O)cc1. The summed E-state index contributed by atoms with van der Waals surface area (Å²) >= 11 is 0. The Balaban J connectivity index is 0.000000391. The van der Waals surface area contributed by atoms with E-state index in [2.05, 4.69) is 6.92 Å². The summed E-state index contributed by atoms with van der Waals surface area (Å²) in [6.45, 7) is 3.56. The van der Waals surface area contributed by atoms with Crippen LogP contribution in [-0.4, -0.2) is 36.5 Å². The third-order valence-electron chi connectivity index (χ3n) is 5.05. The second-order valence-corrected chi connectivity index (χ2v) is 7.02. The third kappa shape index (κ3) is 4.51. The summed E-state index contributed by atoms with van der Waals surface area (Å²) in [5.41, 5.74) is 7.93. The topological polar surface area (TPSA) is 81.9 Å². The van der Waals surface area contributed by atoms with Crippen LogP contribution in [-0.2, 0) is 16.1 Å². The van der Waals surface area contributed by atoms with Crippen molar-refractivity contribution in [1.82, 2.24) is 4.90 Å². The number of nitrogens with zero attached hydrogens (tertiary/aromatic N) is 1. The summed E-state index contributed by atoms with van der Waals surface area (Å²) < 4.78 is 10.1. The van der Waals surface area contributed by atoms with Gasteiger partial charge in [-0.05, 0) is 42.7 Å². The molecule has 0 aromatic heterocycles. The molecule has 28 heavy (non-hydrogen) atoms. The molecular weight excluding hydrogens is 356 g/mol. The van der Waals surface area contributed by atoms with Crippen LogP contribution >= 0.6 is 0 Å². The highest BCUT2D eigenvalue weighted by molar-refractivity contribution is 5.98. The van der Waals surface area contributed by atoms with E-state index in [-0.39, 0.29) is 18.4 Å². The molecule has 4 rings (SSSR count). The predicted octanol–water partition coefficient (Wildman–Crippen LogP) is 3.06. The molecule has 0 radical (unpaired) electrons. The number of nitrogens with two attached hydrogens (primary N) is 1. The van der Waals surface area contributed by atoms with Gasteiger partial charge in [0.15, 0.2) is 0 Å². The fourth-order valence-electron chi connectivity index (χ4n) is 3.31. The van der Waals surface area contributed by atoms with Crippen molar-refractivity contribution in [3.8, 4) is 5.75 Å². The molecule has 0 aliphatic carbocycles. The van der Waals surface area contributed by atoms with Gasteiger partial charge in [-0.15, -0.1) is 0 Å². The minimum atomic E-state index is -0.436. The van der Waals surface area contributed by atoms with Gasteiger partial charge in [-0.1, -0.05) is 30.3 Å². The average molecular weight is 382 g/mol. The van der Waals surface area contributed by atoms with Gasteiger partial charge in [0.25, 0.3) is 5.91 Å². The lowest BCUT2D eigenvalue weighted by Crippen LogP contribution is -2.32. The molecule has 2 aliphatic rings. The number of ether oxygens (including phenoxy) is 2. The lowest BCUT2D eigenvalue weighted by atomic mass is 10.0. The maximum atomic E-state index is 12.7. The first-order valence-corrected chi connectivity index (χ1v) is 9.42. The van der Waals surface area contributed by atoms with Crippen LogP contribution < -0.4 is 10.5 Å². The molecule has 2 aliphatic heterocycles. The number of carbonyl (C=O) groups is 2. The van der Waals surface area contributed by atoms with E-state index < -0.39 is 5.91 Å². The van der Waals surface area contributed by atoms with E-state index in [1.165, 1.54) is 6.42 Å². The predicted molar refractivity (Wildman–Crippen MR) is 106 cm³/mol. The molecule has 1 saturated heterocycles. The molecule has 0 saturated carbocycles. The van der Waals surface area contributed by atoms with Crippen LogP contribution in [0.1, 0.15) is 47.3 Å². The molecule has 0 bridgehead atoms. The van der Waals surface area contributed by atoms with Crippen molar-refractivity contribution in [3.63, 3.8) is 0 Å². The number of hydrogen-bond acceptors (Lipinski definition) is 4. The lowest BCUT2D eigenvalue weighted by Gasteiger charge is -2.27. The van der Waals surface area contributed by atoms with E-state index >= 15 is 0 Å². The number of primary amides is 1. The number of fused-ring (bicyclic) bond motifs is 1. The highest BCUT2D eigenvalue weighted by Crippen LogP contribution is 2.33. The zero-order valence-corrected chi connectivity index (χ0v) is 16.3. The van der Waals surface area contributed by atoms with Crippen LogP contribution in [0, 0.1) is 0 Å². The van der Waals surface area contributed by atoms with Crippen molar-refractivity contribution < 1.29 is 19.1 Å². The van der Waals surface area contributed by atoms with Crippen LogP contribution in [0.25, 0.3) is 0 Å². The molecule has 2 unspecified atom stereocenters. The molecule has 2 heterocycles. The molecular formula is C22H26N2O4. The molecule has 2 aromatic rings. The number of methoxy groups -OCH3 is 1. The Morgan fingerprint density at radius 2 is 1.89 bits per heavy atom. The maximum absolute atomic E-state index is 12.7. The third-order valence-corrected chi connectivity index (χ3v) is 5.05. The summed E-state index contributed by atoms with van der Waals surface area (Å²) in [7, 11) is 1.59. The van der Waals surface area contributed by atoms with Crippen molar-refractivity contribution in [2.24, 2.45) is 5.73 Å². The molecule has 6 nitrogen and oxygen atoms in total. The minimum absolute atomic E-state index is 0.0670. The Hall–Kier alpha value is -2.86. The molecule has 1 fully saturated rings. The molecule has 2 N–H and O–H groups in total. The van der Waals surface area contributed by atoms with E-state index in [4.69, 9.17) is 15.2 Å². The Morgan fingerprint density at radius 1 is 1.25 bits per heavy atom. The summed E-state index contributed by atoms with van der Waals surface area (Å²) in [5.74, 6) is 0.222. The Morgan fingerprint density at radius 3 is 2.39 bits per heavy atom. The van der Waals surface area contributed by atoms with E-state index in [1.54, 1.807) is 12.0 Å². The van der Waals surface area contributed by atoms with Crippen LogP contribution in [0.5, 0.6) is 5.75 Å². The van der Waals surface area contributed by atoms with Crippen LogP contribution in [0.3, 0.4) is 0 Å². The van der Waals surface area contributed by atoms with Crippen molar-refractivity contribution in [2.75, 3.05) is 13.7 Å². The van der Waals surface area contributed by atoms with Crippen molar-refractivity contribution in [2.45, 2.75) is 38.5 Å². The van der Waals surface area contributed by atoms with Crippen LogP contribution in [0.4, 0.5) is 0 Å². The second-order valence-electron chi connectivity index (χ2n) is 7.02. The lowest BCUT2D eigenvalue weighted by molar-refractivity contribution is -0.119. The van der Waals surface area contributed by atoms with Crippen LogP contribution in [0.15, 0.2) is 48.5 Å². The second kappa shape index (κ2) is 8.89. The molecule has 6 heteroatoms. The molecule has 2 atom stereocenters. The number of hydrogen-bond donors (Lipinski definition) is 1. The highest BCUT2D eigenvalue weighted by atomic mass is 16.5. The van der Waals surface area contributed by atoms with Gasteiger partial charge in [-0.3, -0.25) is 9.59 Å². The fraction of sp³-hybridized carbons (Fsp3) is 0.364. The maximum Gasteiger partial charge on any atom is 0.255 e. The summed E-state index contributed by atoms with van der Waals surface area (Å²) in [5, 5.41) is 0. The number of rotatable bonds is 5. The van der Waals surface area contributed by atoms with E-state index in [1.807, 2.05) is 48.5 Å². The smallest absolute Gasteiger partial charge is 0.255 e. The first-order valence-electron chi connectivity index (χ1n) is 9.42. The van der Waals surface area contributed by atoms with Gasteiger partial charge in [0.05, 0.1) is 25.7 Å². The van der Waals surface area contributed by atoms with Gasteiger partial charge in [-0.25, -0.2) is 0 Å². The summed E-state index contributed by atoms with van der Waals surface area (Å²) in [6, 6.07) is 14.5. The normalized spacial score (nSPS) is 18.4. The van der Waals surface area contributed by atoms with Crippen LogP contribution in [0.2, 0.25) is 0 Å². The fourth-order valence-corrected chi connectivity index (χ4v) is 3.31. The zero-order valence-electron chi connectivity index (χ0n) is 16.3. The Labute approximate surface area is 165 Å². The van der Waals surface area contributed by atoms with E-state index in [9.17, 15) is 9.59 Å². The number of benzene rings is 2. The van der Waals surface area contributed by atoms with Gasteiger partial charge in [-0.2, -0.15) is 0 Å². The van der Waals surface area contributed by atoms with Crippen molar-refractivity contribution in [1.29, 1.82) is 0 Å². The van der Waals surface area contributed by atoms with Gasteiger partial charge in [0, 0.05) is 18.7 Å². The minimum Gasteiger partial charge on any atom is -0.497 e. The van der Waals surface area contributed by atoms with Crippen molar-refractivity contribution in [3.05, 3.63) is 65.2 Å². The average Bonchev–Trinajstić information content (AvgIpc) is 3.02. The van der Waals surface area contributed by atoms with Gasteiger partial charge < -0.3 is 20.1 Å². The van der Waals surface area contributed by atoms with Gasteiger partial charge >= 0.3 is 0 Å². The first kappa shape index (κ1) is 19.9. The van der Waals surface area contributed by atoms with Crippen molar-refractivity contribution >= 4 is 11.8 Å². The van der Waals surface area contributed by atoms with E-state index in [0.29, 0.717) is 18.2 Å². The number of amides is 2. The zero-order chi connectivity index (χ0) is 20.1. The monoisotopic (exact) mass is 382 g/mol. The molecule has 148 valence electrons. The summed E-state index contributed by atoms with van der Waals surface area (Å²) in [6.07, 6.45) is 1.92. The largest absolute Gasteiger partial charge is 0.497 e. The first-order chi connectivity index (χ1) is 13.5. The standard InChI is InChI=1S/C18H18N2O3.C4H8O/c1-23-14-8-6-12(7-9-14)16(10-17(19)21)20-11-13-4-2-3-5-15(13)18(20)22;1-4-2-3-5-4/h2-9,16H,10-11H2,1H3,(H2,19,21);4H,2-3H2,1H3. The highest BCUT2D eigenvalue weighted by Gasteiger charge is 2.34. The number of carbonyl (C=O) groups excluding carboxylic acids is 2. The summed E-state index contributed by atoms with van der Waals surface area (Å²) in [4.78, 5) is 25.9. The Kier molecular flexibility index (Phi) is 6.31. The molecule has 2 amide bonds. The van der Waals surface area contributed by atoms with Gasteiger partial charge in [0.2, 0.25) is 5.91 Å². The van der Waals surface area contributed by atoms with E-state index in [0.717, 1.165) is 23.5 Å². The Bertz CT molecular complexity index is 831. The molecule has 0 spiro atoms. The van der Waals surface area contributed by atoms with Gasteiger partial charge in [0.1, 0.15) is 5.75 Å².